The number of hydrogen-bond donors (Lipinski definition) is 0. The fourth-order valence-corrected chi connectivity index (χ4v) is 0.875. The highest BCUT2D eigenvalue weighted by Crippen LogP contribution is 2.06. The van der Waals surface area contributed by atoms with E-state index in [4.69, 9.17) is 11.6 Å². The second-order valence-corrected chi connectivity index (χ2v) is 2.27. The quantitative estimate of drug-likeness (QED) is 0.426. The third-order valence-electron chi connectivity index (χ3n) is 1.03. The molecule has 1 aliphatic heterocycles. The van der Waals surface area contributed by atoms with Gasteiger partial charge in [-0.05, 0) is 12.8 Å². The van der Waals surface area contributed by atoms with Crippen LogP contribution in [0.5, 0.6) is 0 Å². The zero-order valence-corrected chi connectivity index (χ0v) is 4.86. The molecule has 0 N–H and O–H groups in total. The predicted octanol–water partition coefficient (Wildman–Crippen LogP) is 1.46. The van der Waals surface area contributed by atoms with Crippen LogP contribution < -0.4 is 0 Å². The van der Waals surface area contributed by atoms with E-state index in [0.717, 1.165) is 19.4 Å². The highest BCUT2D eigenvalue weighted by molar-refractivity contribution is 6.28. The maximum atomic E-state index is 5.67. The molecule has 0 saturated heterocycles. The molecule has 0 saturated carbocycles. The molecule has 0 fully saturated rings. The van der Waals surface area contributed by atoms with E-state index in [0.29, 0.717) is 0 Å². The van der Waals surface area contributed by atoms with E-state index in [1.165, 1.54) is 0 Å². The summed E-state index contributed by atoms with van der Waals surface area (Å²) in [6.07, 6.45) is 4.08. The third kappa shape index (κ3) is 1.48. The van der Waals surface area contributed by atoms with Crippen LogP contribution in [0.1, 0.15) is 12.8 Å². The number of alkyl halides is 1. The molecule has 0 aliphatic carbocycles. The Labute approximate surface area is 48.4 Å². The molecule has 1 rings (SSSR count). The van der Waals surface area contributed by atoms with Crippen molar-refractivity contribution in [3.63, 3.8) is 0 Å². The van der Waals surface area contributed by atoms with Gasteiger partial charge >= 0.3 is 0 Å². The zero-order chi connectivity index (χ0) is 5.11. The van der Waals surface area contributed by atoms with E-state index in [1.807, 2.05) is 6.21 Å². The number of hydrogen-bond acceptors (Lipinski definition) is 1. The minimum absolute atomic E-state index is 0.216. The van der Waals surface area contributed by atoms with Crippen molar-refractivity contribution in [2.45, 2.75) is 18.2 Å². The Bertz CT molecular complexity index is 80.1. The molecular weight excluding hydrogens is 110 g/mol. The van der Waals surface area contributed by atoms with Crippen LogP contribution in [0.3, 0.4) is 0 Å². The lowest BCUT2D eigenvalue weighted by Gasteiger charge is -2.05. The summed E-state index contributed by atoms with van der Waals surface area (Å²) in [5, 5.41) is 0.216. The molecule has 40 valence electrons. The molecule has 0 aromatic carbocycles. The van der Waals surface area contributed by atoms with Gasteiger partial charge in [-0.15, -0.1) is 11.6 Å². The first-order chi connectivity index (χ1) is 3.39. The molecule has 1 nitrogen and oxygen atoms in total. The first kappa shape index (κ1) is 5.10. The third-order valence-corrected chi connectivity index (χ3v) is 1.37. The molecule has 0 radical (unpaired) electrons. The van der Waals surface area contributed by atoms with Crippen LogP contribution in [0.2, 0.25) is 0 Å². The van der Waals surface area contributed by atoms with Crippen LogP contribution in [-0.2, 0) is 0 Å². The summed E-state index contributed by atoms with van der Waals surface area (Å²) in [7, 11) is 0. The van der Waals surface area contributed by atoms with E-state index in [-0.39, 0.29) is 5.38 Å². The molecule has 0 bridgehead atoms. The van der Waals surface area contributed by atoms with Gasteiger partial charge in [-0.1, -0.05) is 0 Å². The van der Waals surface area contributed by atoms with Crippen LogP contribution in [0.15, 0.2) is 4.99 Å². The fourth-order valence-electron chi connectivity index (χ4n) is 0.641. The summed E-state index contributed by atoms with van der Waals surface area (Å²) in [5.41, 5.74) is 0. The van der Waals surface area contributed by atoms with Crippen molar-refractivity contribution in [3.8, 4) is 0 Å². The van der Waals surface area contributed by atoms with E-state index in [1.54, 1.807) is 0 Å². The molecule has 1 aliphatic rings. The Hall–Kier alpha value is -0.0400. The van der Waals surface area contributed by atoms with Crippen LogP contribution in [0.25, 0.3) is 0 Å². The lowest BCUT2D eigenvalue weighted by atomic mass is 10.2. The van der Waals surface area contributed by atoms with Crippen molar-refractivity contribution in [1.82, 2.24) is 0 Å². The van der Waals surface area contributed by atoms with Gasteiger partial charge in [0, 0.05) is 12.8 Å². The molecule has 7 heavy (non-hydrogen) atoms. The normalized spacial score (nSPS) is 30.7. The number of rotatable bonds is 0. The Balaban J connectivity index is 2.36. The SMILES string of the molecule is ClC1C=NCCC1. The van der Waals surface area contributed by atoms with Gasteiger partial charge in [0.05, 0.1) is 5.38 Å². The van der Waals surface area contributed by atoms with E-state index < -0.39 is 0 Å². The van der Waals surface area contributed by atoms with Gasteiger partial charge in [0.1, 0.15) is 0 Å². The van der Waals surface area contributed by atoms with Crippen molar-refractivity contribution in [1.29, 1.82) is 0 Å². The maximum Gasteiger partial charge on any atom is 0.0684 e. The molecule has 2 heteroatoms. The summed E-state index contributed by atoms with van der Waals surface area (Å²) < 4.78 is 0. The molecule has 0 aromatic heterocycles. The van der Waals surface area contributed by atoms with Crippen LogP contribution in [-0.4, -0.2) is 18.1 Å². The minimum Gasteiger partial charge on any atom is -0.296 e. The van der Waals surface area contributed by atoms with Gasteiger partial charge in [0.25, 0.3) is 0 Å². The largest absolute Gasteiger partial charge is 0.296 e. The monoisotopic (exact) mass is 117 g/mol. The molecule has 0 amide bonds. The molecule has 0 aromatic rings. The van der Waals surface area contributed by atoms with E-state index >= 15 is 0 Å². The molecular formula is C5H8ClN. The summed E-state index contributed by atoms with van der Waals surface area (Å²) in [5.74, 6) is 0. The number of aliphatic imine (C=N–C) groups is 1. The summed E-state index contributed by atoms with van der Waals surface area (Å²) >= 11 is 5.67. The minimum atomic E-state index is 0.216. The first-order valence-corrected chi connectivity index (χ1v) is 2.97. The van der Waals surface area contributed by atoms with Gasteiger partial charge in [-0.2, -0.15) is 0 Å². The van der Waals surface area contributed by atoms with Gasteiger partial charge in [0.15, 0.2) is 0 Å². The van der Waals surface area contributed by atoms with Gasteiger partial charge in [-0.25, -0.2) is 0 Å². The highest BCUT2D eigenvalue weighted by atomic mass is 35.5. The summed E-state index contributed by atoms with van der Waals surface area (Å²) in [4.78, 5) is 4.00. The molecule has 0 spiro atoms. The average Bonchev–Trinajstić information content (AvgIpc) is 1.69. The topological polar surface area (TPSA) is 12.4 Å². The van der Waals surface area contributed by atoms with Gasteiger partial charge in [0.2, 0.25) is 0 Å². The number of halogens is 1. The molecule has 1 atom stereocenters. The summed E-state index contributed by atoms with van der Waals surface area (Å²) in [6.45, 7) is 0.975. The Morgan fingerprint density at radius 3 is 2.86 bits per heavy atom. The lowest BCUT2D eigenvalue weighted by molar-refractivity contribution is 0.753. The van der Waals surface area contributed by atoms with Crippen molar-refractivity contribution < 1.29 is 0 Å². The predicted molar refractivity (Wildman–Crippen MR) is 32.2 cm³/mol. The second kappa shape index (κ2) is 2.31. The first-order valence-electron chi connectivity index (χ1n) is 2.53. The maximum absolute atomic E-state index is 5.67. The molecule has 1 unspecified atom stereocenters. The zero-order valence-electron chi connectivity index (χ0n) is 4.10. The van der Waals surface area contributed by atoms with Crippen molar-refractivity contribution in [2.24, 2.45) is 4.99 Å². The second-order valence-electron chi connectivity index (χ2n) is 1.71. The van der Waals surface area contributed by atoms with Crippen molar-refractivity contribution in [2.75, 3.05) is 6.54 Å². The Kier molecular flexibility index (Phi) is 1.69. The van der Waals surface area contributed by atoms with Crippen LogP contribution in [0, 0.1) is 0 Å². The van der Waals surface area contributed by atoms with Crippen molar-refractivity contribution >= 4 is 17.8 Å². The lowest BCUT2D eigenvalue weighted by Crippen LogP contribution is -2.06. The van der Waals surface area contributed by atoms with Crippen LogP contribution in [0.4, 0.5) is 0 Å². The average molecular weight is 118 g/mol. The smallest absolute Gasteiger partial charge is 0.0684 e. The Morgan fingerprint density at radius 1 is 1.71 bits per heavy atom. The van der Waals surface area contributed by atoms with Gasteiger partial charge in [-0.3, -0.25) is 4.99 Å². The van der Waals surface area contributed by atoms with Crippen molar-refractivity contribution in [3.05, 3.63) is 0 Å². The molecule has 1 heterocycles. The standard InChI is InChI=1S/C5H8ClN/c6-5-2-1-3-7-4-5/h4-5H,1-3H2. The van der Waals surface area contributed by atoms with Gasteiger partial charge < -0.3 is 0 Å². The van der Waals surface area contributed by atoms with E-state index in [2.05, 4.69) is 4.99 Å². The van der Waals surface area contributed by atoms with E-state index in [9.17, 15) is 0 Å². The Morgan fingerprint density at radius 2 is 2.57 bits per heavy atom. The summed E-state index contributed by atoms with van der Waals surface area (Å²) in [6, 6.07) is 0. The highest BCUT2D eigenvalue weighted by Gasteiger charge is 2.02. The van der Waals surface area contributed by atoms with Crippen LogP contribution >= 0.6 is 11.6 Å². The number of nitrogens with zero attached hydrogens (tertiary/aromatic N) is 1. The fraction of sp³-hybridized carbons (Fsp3) is 0.800.